The van der Waals surface area contributed by atoms with Gasteiger partial charge in [-0.1, -0.05) is 61.5 Å². The number of phenols is 1. The van der Waals surface area contributed by atoms with Gasteiger partial charge in [-0.25, -0.2) is 9.59 Å². The van der Waals surface area contributed by atoms with Gasteiger partial charge in [-0.05, 0) is 64.6 Å². The molecular weight excluding hydrogens is 559 g/mol. The number of ketones is 1. The van der Waals surface area contributed by atoms with Crippen LogP contribution in [0.5, 0.6) is 5.75 Å². The van der Waals surface area contributed by atoms with Crippen LogP contribution < -0.4 is 29.6 Å². The first-order valence-corrected chi connectivity index (χ1v) is 14.4. The number of thiophene rings is 2. The minimum absolute atomic E-state index is 0. The van der Waals surface area contributed by atoms with Crippen molar-refractivity contribution in [2.24, 2.45) is 0 Å². The van der Waals surface area contributed by atoms with Crippen molar-refractivity contribution in [1.29, 1.82) is 0 Å². The number of Topliss-reactive ketones (excluding diaryl/α,β-unsaturated/α-hetero) is 1. The second kappa shape index (κ2) is 16.4. The largest absolute Gasteiger partial charge is 1.00 e. The van der Waals surface area contributed by atoms with E-state index in [1.807, 2.05) is 12.1 Å². The van der Waals surface area contributed by atoms with Crippen molar-refractivity contribution in [2.45, 2.75) is 85.5 Å². The molecule has 0 bridgehead atoms. The fourth-order valence-corrected chi connectivity index (χ4v) is 6.44. The second-order valence-corrected chi connectivity index (χ2v) is 12.7. The van der Waals surface area contributed by atoms with Crippen LogP contribution in [-0.2, 0) is 6.42 Å². The van der Waals surface area contributed by atoms with Crippen molar-refractivity contribution in [1.82, 2.24) is 0 Å². The zero-order chi connectivity index (χ0) is 28.9. The normalized spacial score (nSPS) is 10.7. The maximum absolute atomic E-state index is 12.6. The predicted molar refractivity (Wildman–Crippen MR) is 157 cm³/mol. The van der Waals surface area contributed by atoms with Crippen molar-refractivity contribution >= 4 is 40.4 Å². The first kappa shape index (κ1) is 38.0. The maximum Gasteiger partial charge on any atom is 1.00 e. The van der Waals surface area contributed by atoms with Crippen LogP contribution >= 0.6 is 22.7 Å². The SMILES string of the molecule is CC(C)c1cc(C(=O)Cc2ccc(C(=O)O)c(O)c2)sc1C(C)C.CC(C)c1cc(C(=O)O)sc1C(C)C.[Na+].[OH-]. The van der Waals surface area contributed by atoms with E-state index >= 15 is 0 Å². The Morgan fingerprint density at radius 1 is 0.700 bits per heavy atom. The number of hydrogen-bond acceptors (Lipinski definition) is 7. The zero-order valence-electron chi connectivity index (χ0n) is 24.7. The topological polar surface area (TPSA) is 142 Å². The number of carbonyl (C=O) groups excluding carboxylic acids is 1. The summed E-state index contributed by atoms with van der Waals surface area (Å²) in [5, 5.41) is 27.6. The molecule has 0 aliphatic carbocycles. The molecule has 2 heterocycles. The Hall–Kier alpha value is -2.01. The van der Waals surface area contributed by atoms with Crippen molar-refractivity contribution < 1.29 is 64.7 Å². The summed E-state index contributed by atoms with van der Waals surface area (Å²) in [6.07, 6.45) is 0.142. The first-order valence-electron chi connectivity index (χ1n) is 12.7. The van der Waals surface area contributed by atoms with Gasteiger partial charge in [0, 0.05) is 16.2 Å². The van der Waals surface area contributed by atoms with Gasteiger partial charge in [0.25, 0.3) is 0 Å². The van der Waals surface area contributed by atoms with Gasteiger partial charge >= 0.3 is 41.5 Å². The molecule has 1 aromatic carbocycles. The maximum atomic E-state index is 12.6. The smallest absolute Gasteiger partial charge is 0.870 e. The second-order valence-electron chi connectivity index (χ2n) is 10.5. The van der Waals surface area contributed by atoms with Crippen molar-refractivity contribution in [3.63, 3.8) is 0 Å². The zero-order valence-corrected chi connectivity index (χ0v) is 28.4. The molecule has 214 valence electrons. The number of carboxylic acids is 2. The molecule has 0 aliphatic heterocycles. The van der Waals surface area contributed by atoms with Gasteiger partial charge in [0.15, 0.2) is 5.78 Å². The van der Waals surface area contributed by atoms with Gasteiger partial charge in [-0.15, -0.1) is 22.7 Å². The Kier molecular flexibility index (Phi) is 15.6. The Morgan fingerprint density at radius 2 is 1.15 bits per heavy atom. The molecule has 2 aromatic heterocycles. The Labute approximate surface area is 266 Å². The fraction of sp³-hybridized carbons (Fsp3) is 0.433. The number of carboxylic acid groups (broad SMARTS) is 2. The molecule has 0 saturated carbocycles. The van der Waals surface area contributed by atoms with Gasteiger partial charge < -0.3 is 20.8 Å². The predicted octanol–water partition coefficient (Wildman–Crippen LogP) is 5.34. The van der Waals surface area contributed by atoms with E-state index in [4.69, 9.17) is 10.2 Å². The van der Waals surface area contributed by atoms with Crippen LogP contribution in [0.1, 0.15) is 135 Å². The minimum Gasteiger partial charge on any atom is -0.870 e. The molecule has 0 radical (unpaired) electrons. The third-order valence-electron chi connectivity index (χ3n) is 6.02. The van der Waals surface area contributed by atoms with Crippen LogP contribution in [0, 0.1) is 0 Å². The van der Waals surface area contributed by atoms with Crippen molar-refractivity contribution in [2.75, 3.05) is 0 Å². The molecule has 7 nitrogen and oxygen atoms in total. The minimum atomic E-state index is -1.19. The number of rotatable bonds is 9. The average Bonchev–Trinajstić information content (AvgIpc) is 3.45. The van der Waals surface area contributed by atoms with Gasteiger partial charge in [0.2, 0.25) is 0 Å². The van der Waals surface area contributed by atoms with E-state index in [9.17, 15) is 19.5 Å². The van der Waals surface area contributed by atoms with Crippen molar-refractivity contribution in [3.05, 3.63) is 72.1 Å². The quantitative estimate of drug-likeness (QED) is 0.223. The molecule has 4 N–H and O–H groups in total. The number of carbonyl (C=O) groups is 3. The van der Waals surface area contributed by atoms with Crippen LogP contribution in [0.15, 0.2) is 30.3 Å². The molecule has 0 saturated heterocycles. The van der Waals surface area contributed by atoms with E-state index in [1.165, 1.54) is 55.7 Å². The Morgan fingerprint density at radius 3 is 1.50 bits per heavy atom. The van der Waals surface area contributed by atoms with E-state index in [0.717, 1.165) is 0 Å². The number of aromatic carboxylic acids is 2. The summed E-state index contributed by atoms with van der Waals surface area (Å²) in [5.74, 6) is -0.800. The van der Waals surface area contributed by atoms with Crippen molar-refractivity contribution in [3.8, 4) is 5.75 Å². The molecule has 0 unspecified atom stereocenters. The molecular formula is C30H39NaO7S2. The van der Waals surface area contributed by atoms with Gasteiger partial charge in [0.1, 0.15) is 16.2 Å². The Bertz CT molecular complexity index is 1250. The summed E-state index contributed by atoms with van der Waals surface area (Å²) >= 11 is 2.93. The molecule has 3 rings (SSSR count). The number of benzene rings is 1. The molecule has 40 heavy (non-hydrogen) atoms. The third-order valence-corrected chi connectivity index (χ3v) is 8.95. The first-order chi connectivity index (χ1) is 17.6. The van der Waals surface area contributed by atoms with Gasteiger partial charge in [0.05, 0.1) is 4.88 Å². The summed E-state index contributed by atoms with van der Waals surface area (Å²) < 4.78 is 0. The molecule has 10 heteroatoms. The molecule has 0 spiro atoms. The van der Waals surface area contributed by atoms with Gasteiger partial charge in [-0.3, -0.25) is 4.79 Å². The summed E-state index contributed by atoms with van der Waals surface area (Å²) in [4.78, 5) is 37.9. The molecule has 0 amide bonds. The Balaban J connectivity index is 0.000000819. The van der Waals surface area contributed by atoms with E-state index in [1.54, 1.807) is 6.07 Å². The molecule has 0 aliphatic rings. The molecule has 3 aromatic rings. The van der Waals surface area contributed by atoms with Crippen LogP contribution in [-0.4, -0.2) is 38.5 Å². The standard InChI is InChI=1S/C19H22O4S.C11H16O2S.Na.H2O/c1-10(2)14-9-17(24-18(14)11(3)4)16(21)8-12-5-6-13(19(22)23)15(20)7-12;1-6(2)8-5-9(11(12)13)14-10(8)7(3)4;;/h5-7,9-11,20H,8H2,1-4H3,(H,22,23);5-7H,1-4H3,(H,12,13);;1H2/q;;+1;/p-1. The third kappa shape index (κ3) is 9.82. The van der Waals surface area contributed by atoms with E-state index in [-0.39, 0.29) is 58.6 Å². The summed E-state index contributed by atoms with van der Waals surface area (Å²) in [6, 6.07) is 8.03. The van der Waals surface area contributed by atoms with Crippen LogP contribution in [0.3, 0.4) is 0 Å². The molecule has 0 atom stereocenters. The molecule has 0 fully saturated rings. The van der Waals surface area contributed by atoms with E-state index < -0.39 is 11.9 Å². The van der Waals surface area contributed by atoms with E-state index in [0.29, 0.717) is 39.0 Å². The monoisotopic (exact) mass is 598 g/mol. The van der Waals surface area contributed by atoms with Crippen LogP contribution in [0.25, 0.3) is 0 Å². The van der Waals surface area contributed by atoms with E-state index in [2.05, 4.69) is 55.4 Å². The average molecular weight is 599 g/mol. The van der Waals surface area contributed by atoms with Crippen LogP contribution in [0.4, 0.5) is 0 Å². The summed E-state index contributed by atoms with van der Waals surface area (Å²) in [5.41, 5.74) is 2.84. The number of aromatic hydroxyl groups is 1. The van der Waals surface area contributed by atoms with Crippen LogP contribution in [0.2, 0.25) is 0 Å². The number of hydrogen-bond donors (Lipinski definition) is 3. The van der Waals surface area contributed by atoms with Gasteiger partial charge in [-0.2, -0.15) is 0 Å². The summed E-state index contributed by atoms with van der Waals surface area (Å²) in [7, 11) is 0. The fourth-order valence-electron chi connectivity index (χ4n) is 4.03. The summed E-state index contributed by atoms with van der Waals surface area (Å²) in [6.45, 7) is 16.9.